The molecular formula is C13H12BrClN2O. The van der Waals surface area contributed by atoms with Gasteiger partial charge in [-0.05, 0) is 53.2 Å². The molecule has 0 amide bonds. The Morgan fingerprint density at radius 1 is 1.28 bits per heavy atom. The maximum absolute atomic E-state index is 6.06. The fraction of sp³-hybridized carbons (Fsp3) is 0.154. The first-order valence-corrected chi connectivity index (χ1v) is 6.51. The number of hydrogen-bond acceptors (Lipinski definition) is 3. The van der Waals surface area contributed by atoms with E-state index in [1.165, 1.54) is 0 Å². The predicted octanol–water partition coefficient (Wildman–Crippen LogP) is 4.56. The Labute approximate surface area is 119 Å². The summed E-state index contributed by atoms with van der Waals surface area (Å²) < 4.78 is 6.09. The summed E-state index contributed by atoms with van der Waals surface area (Å²) in [6, 6.07) is 9.37. The number of rotatable bonds is 3. The molecule has 0 aliphatic heterocycles. The molecule has 18 heavy (non-hydrogen) atoms. The van der Waals surface area contributed by atoms with E-state index in [1.807, 2.05) is 31.2 Å². The summed E-state index contributed by atoms with van der Waals surface area (Å²) in [5.74, 6) is 1.43. The van der Waals surface area contributed by atoms with Crippen molar-refractivity contribution in [2.75, 3.05) is 12.4 Å². The Morgan fingerprint density at radius 2 is 2.06 bits per heavy atom. The maximum atomic E-state index is 6.06. The molecule has 3 nitrogen and oxygen atoms in total. The monoisotopic (exact) mass is 326 g/mol. The number of pyridine rings is 1. The maximum Gasteiger partial charge on any atom is 0.137 e. The molecule has 0 saturated carbocycles. The lowest BCUT2D eigenvalue weighted by Crippen LogP contribution is -1.95. The third-order valence-corrected chi connectivity index (χ3v) is 3.58. The van der Waals surface area contributed by atoms with E-state index in [0.29, 0.717) is 10.8 Å². The van der Waals surface area contributed by atoms with Crippen LogP contribution in [0.4, 0.5) is 11.5 Å². The van der Waals surface area contributed by atoms with Gasteiger partial charge in [0.25, 0.3) is 0 Å². The minimum atomic E-state index is 0.566. The van der Waals surface area contributed by atoms with Gasteiger partial charge in [0.15, 0.2) is 0 Å². The molecule has 0 bridgehead atoms. The van der Waals surface area contributed by atoms with Crippen molar-refractivity contribution in [3.63, 3.8) is 0 Å². The number of benzene rings is 1. The highest BCUT2D eigenvalue weighted by Crippen LogP contribution is 2.28. The van der Waals surface area contributed by atoms with Crippen molar-refractivity contribution in [2.24, 2.45) is 0 Å². The Kier molecular flexibility index (Phi) is 4.09. The van der Waals surface area contributed by atoms with Crippen LogP contribution < -0.4 is 10.1 Å². The van der Waals surface area contributed by atoms with Gasteiger partial charge in [-0.25, -0.2) is 4.98 Å². The molecule has 1 aromatic heterocycles. The fourth-order valence-electron chi connectivity index (χ4n) is 1.51. The fourth-order valence-corrected chi connectivity index (χ4v) is 1.98. The first kappa shape index (κ1) is 13.2. The van der Waals surface area contributed by atoms with Crippen LogP contribution in [0, 0.1) is 6.92 Å². The molecule has 0 fully saturated rings. The molecule has 5 heteroatoms. The zero-order valence-corrected chi connectivity index (χ0v) is 12.3. The van der Waals surface area contributed by atoms with E-state index in [2.05, 4.69) is 26.2 Å². The predicted molar refractivity (Wildman–Crippen MR) is 78.0 cm³/mol. The molecular weight excluding hydrogens is 316 g/mol. The van der Waals surface area contributed by atoms with Crippen molar-refractivity contribution < 1.29 is 4.74 Å². The van der Waals surface area contributed by atoms with Gasteiger partial charge < -0.3 is 10.1 Å². The molecule has 0 aliphatic carbocycles. The van der Waals surface area contributed by atoms with E-state index in [1.54, 1.807) is 13.2 Å². The standard InChI is InChI=1S/C13H12BrClN2O/c1-8-10(14)4-6-13(16-8)17-9-3-5-12(18-2)11(15)7-9/h3-7H,1-2H3,(H,16,17). The number of anilines is 2. The van der Waals surface area contributed by atoms with E-state index in [-0.39, 0.29) is 0 Å². The smallest absolute Gasteiger partial charge is 0.137 e. The zero-order valence-electron chi connectivity index (χ0n) is 10.00. The third kappa shape index (κ3) is 2.94. The Morgan fingerprint density at radius 3 is 2.67 bits per heavy atom. The average Bonchev–Trinajstić information content (AvgIpc) is 2.34. The number of aryl methyl sites for hydroxylation is 1. The van der Waals surface area contributed by atoms with Crippen LogP contribution in [0.2, 0.25) is 5.02 Å². The van der Waals surface area contributed by atoms with E-state index >= 15 is 0 Å². The minimum absolute atomic E-state index is 0.566. The summed E-state index contributed by atoms with van der Waals surface area (Å²) in [4.78, 5) is 4.41. The molecule has 94 valence electrons. The van der Waals surface area contributed by atoms with Crippen LogP contribution in [0.25, 0.3) is 0 Å². The molecule has 2 aromatic rings. The Hall–Kier alpha value is -1.26. The van der Waals surface area contributed by atoms with Crippen LogP contribution in [0.3, 0.4) is 0 Å². The van der Waals surface area contributed by atoms with Crippen molar-refractivity contribution in [1.82, 2.24) is 4.98 Å². The molecule has 1 heterocycles. The van der Waals surface area contributed by atoms with Gasteiger partial charge in [0.05, 0.1) is 17.8 Å². The highest BCUT2D eigenvalue weighted by atomic mass is 79.9. The molecule has 0 aliphatic rings. The third-order valence-electron chi connectivity index (χ3n) is 2.45. The summed E-state index contributed by atoms with van der Waals surface area (Å²) >= 11 is 9.48. The topological polar surface area (TPSA) is 34.1 Å². The summed E-state index contributed by atoms with van der Waals surface area (Å²) in [5.41, 5.74) is 1.80. The van der Waals surface area contributed by atoms with Gasteiger partial charge in [-0.3, -0.25) is 0 Å². The summed E-state index contributed by atoms with van der Waals surface area (Å²) in [6.07, 6.45) is 0. The normalized spacial score (nSPS) is 10.2. The van der Waals surface area contributed by atoms with Gasteiger partial charge in [-0.1, -0.05) is 11.6 Å². The summed E-state index contributed by atoms with van der Waals surface area (Å²) in [6.45, 7) is 1.94. The van der Waals surface area contributed by atoms with Crippen molar-refractivity contribution in [3.05, 3.63) is 45.5 Å². The number of aromatic nitrogens is 1. The van der Waals surface area contributed by atoms with Crippen molar-refractivity contribution in [2.45, 2.75) is 6.92 Å². The number of nitrogens with one attached hydrogen (secondary N) is 1. The molecule has 1 aromatic carbocycles. The van der Waals surface area contributed by atoms with Crippen LogP contribution in [0.1, 0.15) is 5.69 Å². The molecule has 0 atom stereocenters. The first-order chi connectivity index (χ1) is 8.60. The number of ether oxygens (including phenoxy) is 1. The quantitative estimate of drug-likeness (QED) is 0.897. The number of halogens is 2. The number of nitrogens with zero attached hydrogens (tertiary/aromatic N) is 1. The second-order valence-electron chi connectivity index (χ2n) is 3.74. The van der Waals surface area contributed by atoms with Crippen LogP contribution in [0.15, 0.2) is 34.8 Å². The number of hydrogen-bond donors (Lipinski definition) is 1. The van der Waals surface area contributed by atoms with E-state index in [9.17, 15) is 0 Å². The van der Waals surface area contributed by atoms with Gasteiger partial charge in [0, 0.05) is 10.2 Å². The molecule has 0 spiro atoms. The van der Waals surface area contributed by atoms with Crippen LogP contribution >= 0.6 is 27.5 Å². The SMILES string of the molecule is COc1ccc(Nc2ccc(Br)c(C)n2)cc1Cl. The molecule has 0 radical (unpaired) electrons. The largest absolute Gasteiger partial charge is 0.495 e. The van der Waals surface area contributed by atoms with E-state index in [4.69, 9.17) is 16.3 Å². The van der Waals surface area contributed by atoms with Crippen LogP contribution in [-0.4, -0.2) is 12.1 Å². The van der Waals surface area contributed by atoms with Gasteiger partial charge >= 0.3 is 0 Å². The zero-order chi connectivity index (χ0) is 13.1. The highest BCUT2D eigenvalue weighted by molar-refractivity contribution is 9.10. The molecule has 1 N–H and O–H groups in total. The second kappa shape index (κ2) is 5.59. The Balaban J connectivity index is 2.23. The molecule has 0 saturated heterocycles. The van der Waals surface area contributed by atoms with Crippen LogP contribution in [0.5, 0.6) is 5.75 Å². The van der Waals surface area contributed by atoms with Crippen LogP contribution in [-0.2, 0) is 0 Å². The Bertz CT molecular complexity index is 575. The average molecular weight is 328 g/mol. The van der Waals surface area contributed by atoms with Crippen molar-refractivity contribution >= 4 is 39.0 Å². The lowest BCUT2D eigenvalue weighted by molar-refractivity contribution is 0.415. The van der Waals surface area contributed by atoms with Gasteiger partial charge in [-0.2, -0.15) is 0 Å². The summed E-state index contributed by atoms with van der Waals surface area (Å²) in [7, 11) is 1.59. The first-order valence-electron chi connectivity index (χ1n) is 5.34. The number of methoxy groups -OCH3 is 1. The van der Waals surface area contributed by atoms with E-state index < -0.39 is 0 Å². The minimum Gasteiger partial charge on any atom is -0.495 e. The lowest BCUT2D eigenvalue weighted by atomic mass is 10.3. The second-order valence-corrected chi connectivity index (χ2v) is 5.00. The molecule has 2 rings (SSSR count). The van der Waals surface area contributed by atoms with Gasteiger partial charge in [-0.15, -0.1) is 0 Å². The molecule has 0 unspecified atom stereocenters. The van der Waals surface area contributed by atoms with Crippen molar-refractivity contribution in [1.29, 1.82) is 0 Å². The van der Waals surface area contributed by atoms with Crippen molar-refractivity contribution in [3.8, 4) is 5.75 Å². The van der Waals surface area contributed by atoms with Gasteiger partial charge in [0.1, 0.15) is 11.6 Å². The van der Waals surface area contributed by atoms with Gasteiger partial charge in [0.2, 0.25) is 0 Å². The summed E-state index contributed by atoms with van der Waals surface area (Å²) in [5, 5.41) is 3.76. The highest BCUT2D eigenvalue weighted by Gasteiger charge is 2.03. The lowest BCUT2D eigenvalue weighted by Gasteiger charge is -2.09. The van der Waals surface area contributed by atoms with E-state index in [0.717, 1.165) is 21.7 Å².